The van der Waals surface area contributed by atoms with Crippen molar-refractivity contribution in [1.82, 2.24) is 4.98 Å². The molecule has 1 unspecified atom stereocenters. The Morgan fingerprint density at radius 2 is 2.29 bits per heavy atom. The monoisotopic (exact) mass is 319 g/mol. The van der Waals surface area contributed by atoms with Gasteiger partial charge in [0.25, 0.3) is 0 Å². The first-order valence-electron chi connectivity index (χ1n) is 4.25. The van der Waals surface area contributed by atoms with Crippen molar-refractivity contribution >= 4 is 31.9 Å². The van der Waals surface area contributed by atoms with Crippen molar-refractivity contribution in [2.45, 2.75) is 18.9 Å². The zero-order valence-electron chi connectivity index (χ0n) is 7.58. The molecule has 0 radical (unpaired) electrons. The van der Waals surface area contributed by atoms with E-state index in [0.29, 0.717) is 12.1 Å². The van der Waals surface area contributed by atoms with Gasteiger partial charge in [-0.15, -0.1) is 6.58 Å². The smallest absolute Gasteiger partial charge is 0.0974 e. The summed E-state index contributed by atoms with van der Waals surface area (Å²) in [5.74, 6) is 0. The summed E-state index contributed by atoms with van der Waals surface area (Å²) in [4.78, 5) is 4.15. The zero-order chi connectivity index (χ0) is 10.6. The lowest BCUT2D eigenvalue weighted by atomic mass is 10.1. The molecule has 1 heterocycles. The first kappa shape index (κ1) is 11.9. The predicted molar refractivity (Wildman–Crippen MR) is 64.0 cm³/mol. The average molecular weight is 321 g/mol. The molecule has 1 atom stereocenters. The minimum absolute atomic E-state index is 0.532. The molecular weight excluding hydrogens is 310 g/mol. The van der Waals surface area contributed by atoms with Gasteiger partial charge in [-0.2, -0.15) is 0 Å². The van der Waals surface area contributed by atoms with Crippen molar-refractivity contribution in [3.8, 4) is 0 Å². The molecular formula is C10H11Br2NO. The van der Waals surface area contributed by atoms with Gasteiger partial charge in [-0.05, 0) is 50.8 Å². The molecule has 1 N–H and O–H groups in total. The highest BCUT2D eigenvalue weighted by molar-refractivity contribution is 9.11. The van der Waals surface area contributed by atoms with Gasteiger partial charge in [0.15, 0.2) is 0 Å². The van der Waals surface area contributed by atoms with Crippen molar-refractivity contribution in [1.29, 1.82) is 0 Å². The van der Waals surface area contributed by atoms with Crippen molar-refractivity contribution in [2.24, 2.45) is 0 Å². The summed E-state index contributed by atoms with van der Waals surface area (Å²) >= 11 is 6.67. The van der Waals surface area contributed by atoms with E-state index in [2.05, 4.69) is 43.4 Å². The van der Waals surface area contributed by atoms with Gasteiger partial charge in [0.05, 0.1) is 11.8 Å². The zero-order valence-corrected chi connectivity index (χ0v) is 10.8. The summed E-state index contributed by atoms with van der Waals surface area (Å²) in [7, 11) is 0. The van der Waals surface area contributed by atoms with E-state index in [4.69, 9.17) is 0 Å². The third-order valence-electron chi connectivity index (χ3n) is 1.80. The van der Waals surface area contributed by atoms with Crippen molar-refractivity contribution < 1.29 is 5.11 Å². The molecule has 0 aliphatic heterocycles. The number of hydrogen-bond donors (Lipinski definition) is 1. The molecule has 0 aromatic carbocycles. The normalized spacial score (nSPS) is 12.5. The molecule has 0 saturated carbocycles. The Bertz CT molecular complexity index is 328. The Hall–Kier alpha value is -0.190. The van der Waals surface area contributed by atoms with Crippen LogP contribution in [0.25, 0.3) is 0 Å². The van der Waals surface area contributed by atoms with Gasteiger partial charge in [-0.1, -0.05) is 6.08 Å². The predicted octanol–water partition coefficient (Wildman–Crippen LogP) is 3.61. The maximum atomic E-state index is 9.77. The summed E-state index contributed by atoms with van der Waals surface area (Å²) in [5, 5.41) is 9.77. The maximum Gasteiger partial charge on any atom is 0.0974 e. The number of aliphatic hydroxyl groups is 1. The van der Waals surface area contributed by atoms with E-state index >= 15 is 0 Å². The van der Waals surface area contributed by atoms with Gasteiger partial charge < -0.3 is 5.11 Å². The summed E-state index contributed by atoms with van der Waals surface area (Å²) in [6.07, 6.45) is 4.37. The number of pyridine rings is 1. The second-order valence-corrected chi connectivity index (χ2v) is 4.67. The number of halogens is 2. The highest BCUT2D eigenvalue weighted by Gasteiger charge is 2.11. The fourth-order valence-corrected chi connectivity index (χ4v) is 2.33. The Morgan fingerprint density at radius 3 is 2.86 bits per heavy atom. The lowest BCUT2D eigenvalue weighted by molar-refractivity contribution is 0.163. The molecule has 0 aliphatic carbocycles. The van der Waals surface area contributed by atoms with Crippen molar-refractivity contribution in [3.05, 3.63) is 39.6 Å². The van der Waals surface area contributed by atoms with E-state index in [9.17, 15) is 5.11 Å². The number of nitrogens with zero attached hydrogens (tertiary/aromatic N) is 1. The van der Waals surface area contributed by atoms with Crippen LogP contribution in [0.4, 0.5) is 0 Å². The van der Waals surface area contributed by atoms with Crippen LogP contribution in [0.3, 0.4) is 0 Å². The Kier molecular flexibility index (Phi) is 4.78. The largest absolute Gasteiger partial charge is 0.387 e. The van der Waals surface area contributed by atoms with Crippen molar-refractivity contribution in [2.75, 3.05) is 0 Å². The molecule has 4 heteroatoms. The fourth-order valence-electron chi connectivity index (χ4n) is 1.08. The standard InChI is InChI=1S/C10H11Br2NO/c1-2-3-4-9(14)10-8(12)5-7(11)6-13-10/h2,5-6,9,14H,1,3-4H2. The van der Waals surface area contributed by atoms with Gasteiger partial charge in [-0.3, -0.25) is 4.98 Å². The van der Waals surface area contributed by atoms with Crippen molar-refractivity contribution in [3.63, 3.8) is 0 Å². The molecule has 0 bridgehead atoms. The highest BCUT2D eigenvalue weighted by Crippen LogP contribution is 2.26. The molecule has 0 saturated heterocycles. The lowest BCUT2D eigenvalue weighted by Gasteiger charge is -2.10. The molecule has 1 aromatic rings. The van der Waals surface area contributed by atoms with Gasteiger partial charge in [0, 0.05) is 15.1 Å². The number of aromatic nitrogens is 1. The summed E-state index contributed by atoms with van der Waals surface area (Å²) < 4.78 is 1.72. The van der Waals surface area contributed by atoms with Gasteiger partial charge in [0.1, 0.15) is 0 Å². The topological polar surface area (TPSA) is 33.1 Å². The molecule has 2 nitrogen and oxygen atoms in total. The third-order valence-corrected chi connectivity index (χ3v) is 2.86. The Labute approximate surface area is 100 Å². The van der Waals surface area contributed by atoms with E-state index in [1.54, 1.807) is 12.3 Å². The summed E-state index contributed by atoms with van der Waals surface area (Å²) in [6, 6.07) is 1.87. The maximum absolute atomic E-state index is 9.77. The van der Waals surface area contributed by atoms with E-state index < -0.39 is 6.10 Å². The molecule has 0 fully saturated rings. The fraction of sp³-hybridized carbons (Fsp3) is 0.300. The first-order chi connectivity index (χ1) is 6.65. The number of aliphatic hydroxyl groups excluding tert-OH is 1. The third kappa shape index (κ3) is 3.19. The molecule has 14 heavy (non-hydrogen) atoms. The number of rotatable bonds is 4. The second kappa shape index (κ2) is 5.63. The Balaban J connectivity index is 2.78. The minimum atomic E-state index is -0.532. The summed E-state index contributed by atoms with van der Waals surface area (Å²) in [5.41, 5.74) is 0.676. The SMILES string of the molecule is C=CCCC(O)c1ncc(Br)cc1Br. The van der Waals surface area contributed by atoms with Crippen LogP contribution in [-0.4, -0.2) is 10.1 Å². The van der Waals surface area contributed by atoms with Crippen LogP contribution in [0.1, 0.15) is 24.6 Å². The molecule has 76 valence electrons. The van der Waals surface area contributed by atoms with Crippen LogP contribution >= 0.6 is 31.9 Å². The molecule has 0 amide bonds. The molecule has 1 aromatic heterocycles. The van der Waals surface area contributed by atoms with Gasteiger partial charge >= 0.3 is 0 Å². The van der Waals surface area contributed by atoms with Crippen LogP contribution in [0.2, 0.25) is 0 Å². The minimum Gasteiger partial charge on any atom is -0.387 e. The van der Waals surface area contributed by atoms with Crippen LogP contribution in [-0.2, 0) is 0 Å². The molecule has 0 aliphatic rings. The van der Waals surface area contributed by atoms with Gasteiger partial charge in [-0.25, -0.2) is 0 Å². The average Bonchev–Trinajstić information content (AvgIpc) is 2.14. The quantitative estimate of drug-likeness (QED) is 0.860. The number of allylic oxidation sites excluding steroid dienone is 1. The number of hydrogen-bond acceptors (Lipinski definition) is 2. The van der Waals surface area contributed by atoms with E-state index in [0.717, 1.165) is 15.4 Å². The van der Waals surface area contributed by atoms with Crippen LogP contribution in [0.5, 0.6) is 0 Å². The highest BCUT2D eigenvalue weighted by atomic mass is 79.9. The Morgan fingerprint density at radius 1 is 1.57 bits per heavy atom. The molecule has 0 spiro atoms. The summed E-state index contributed by atoms with van der Waals surface area (Å²) in [6.45, 7) is 3.61. The van der Waals surface area contributed by atoms with E-state index in [1.807, 2.05) is 6.07 Å². The first-order valence-corrected chi connectivity index (χ1v) is 5.83. The molecule has 1 rings (SSSR count). The van der Waals surface area contributed by atoms with Crippen LogP contribution in [0.15, 0.2) is 33.9 Å². The van der Waals surface area contributed by atoms with Gasteiger partial charge in [0.2, 0.25) is 0 Å². The second-order valence-electron chi connectivity index (χ2n) is 2.90. The van der Waals surface area contributed by atoms with E-state index in [1.165, 1.54) is 0 Å². The van der Waals surface area contributed by atoms with Crippen LogP contribution in [0, 0.1) is 0 Å². The van der Waals surface area contributed by atoms with Crippen LogP contribution < -0.4 is 0 Å². The van der Waals surface area contributed by atoms with E-state index in [-0.39, 0.29) is 0 Å². The lowest BCUT2D eigenvalue weighted by Crippen LogP contribution is -2.01.